The van der Waals surface area contributed by atoms with Crippen LogP contribution in [-0.4, -0.2) is 37.8 Å². The molecule has 1 saturated heterocycles. The summed E-state index contributed by atoms with van der Waals surface area (Å²) in [7, 11) is 1.59. The van der Waals surface area contributed by atoms with Gasteiger partial charge < -0.3 is 14.5 Å². The average molecular weight is 382 g/mol. The van der Waals surface area contributed by atoms with Crippen LogP contribution in [-0.2, 0) is 9.59 Å². The van der Waals surface area contributed by atoms with Crippen molar-refractivity contribution in [3.63, 3.8) is 0 Å². The fourth-order valence-electron chi connectivity index (χ4n) is 3.74. The molecule has 5 nitrogen and oxygen atoms in total. The first-order valence-corrected chi connectivity index (χ1v) is 10.1. The number of methoxy groups -OCH3 is 1. The Morgan fingerprint density at radius 1 is 1.11 bits per heavy atom. The third-order valence-electron chi connectivity index (χ3n) is 5.06. The molecule has 2 heterocycles. The fraction of sp³-hybridized carbons (Fsp3) is 0.333. The number of rotatable bonds is 3. The molecule has 0 spiro atoms. The molecule has 2 aromatic rings. The second-order valence-electron chi connectivity index (χ2n) is 6.74. The van der Waals surface area contributed by atoms with Gasteiger partial charge >= 0.3 is 0 Å². The van der Waals surface area contributed by atoms with E-state index in [-0.39, 0.29) is 24.2 Å². The van der Waals surface area contributed by atoms with Crippen LogP contribution in [0.1, 0.15) is 12.8 Å². The molecule has 0 radical (unpaired) electrons. The molecule has 6 heteroatoms. The third-order valence-corrected chi connectivity index (χ3v) is 6.20. The molecule has 4 rings (SSSR count). The monoisotopic (exact) mass is 382 g/mol. The first kappa shape index (κ1) is 17.9. The molecule has 0 aliphatic carbocycles. The number of nitrogens with zero attached hydrogens (tertiary/aromatic N) is 2. The van der Waals surface area contributed by atoms with Gasteiger partial charge in [-0.15, -0.1) is 11.8 Å². The molecule has 1 atom stereocenters. The number of thioether (sulfide) groups is 1. The Balaban J connectivity index is 1.58. The molecule has 0 N–H and O–H groups in total. The van der Waals surface area contributed by atoms with Crippen LogP contribution in [0.4, 0.5) is 11.4 Å². The van der Waals surface area contributed by atoms with E-state index in [0.29, 0.717) is 18.8 Å². The number of amides is 2. The number of benzene rings is 2. The molecular formula is C21H22N2O3S. The summed E-state index contributed by atoms with van der Waals surface area (Å²) < 4.78 is 5.39. The number of ether oxygens (including phenoxy) is 1. The largest absolute Gasteiger partial charge is 0.495 e. The summed E-state index contributed by atoms with van der Waals surface area (Å²) >= 11 is 1.79. The molecule has 140 valence electrons. The Bertz CT molecular complexity index is 870. The van der Waals surface area contributed by atoms with Crippen LogP contribution in [0.3, 0.4) is 0 Å². The van der Waals surface area contributed by atoms with Gasteiger partial charge in [-0.3, -0.25) is 9.59 Å². The Morgan fingerprint density at radius 3 is 2.67 bits per heavy atom. The van der Waals surface area contributed by atoms with E-state index in [2.05, 4.69) is 6.07 Å². The summed E-state index contributed by atoms with van der Waals surface area (Å²) in [6, 6.07) is 15.5. The summed E-state index contributed by atoms with van der Waals surface area (Å²) in [4.78, 5) is 30.6. The van der Waals surface area contributed by atoms with Crippen LogP contribution >= 0.6 is 11.8 Å². The van der Waals surface area contributed by atoms with Crippen LogP contribution in [0.5, 0.6) is 5.75 Å². The van der Waals surface area contributed by atoms with E-state index in [0.717, 1.165) is 28.4 Å². The molecule has 27 heavy (non-hydrogen) atoms. The van der Waals surface area contributed by atoms with Crippen molar-refractivity contribution in [2.75, 3.05) is 35.8 Å². The molecule has 0 aromatic heterocycles. The van der Waals surface area contributed by atoms with Gasteiger partial charge in [-0.05, 0) is 36.4 Å². The SMILES string of the molecule is COc1ccccc1N1C[C@@H](C(=O)N2CCCSc3ccccc32)CC1=O. The number of hydrogen-bond donors (Lipinski definition) is 0. The van der Waals surface area contributed by atoms with E-state index < -0.39 is 0 Å². The molecule has 2 aliphatic heterocycles. The van der Waals surface area contributed by atoms with Crippen molar-refractivity contribution in [2.24, 2.45) is 5.92 Å². The Labute approximate surface area is 163 Å². The average Bonchev–Trinajstić information content (AvgIpc) is 2.96. The minimum Gasteiger partial charge on any atom is -0.495 e. The van der Waals surface area contributed by atoms with Crippen LogP contribution in [0, 0.1) is 5.92 Å². The van der Waals surface area contributed by atoms with E-state index >= 15 is 0 Å². The number of hydrogen-bond acceptors (Lipinski definition) is 4. The first-order valence-electron chi connectivity index (χ1n) is 9.15. The van der Waals surface area contributed by atoms with Gasteiger partial charge in [0.2, 0.25) is 11.8 Å². The van der Waals surface area contributed by atoms with Crippen molar-refractivity contribution in [1.82, 2.24) is 0 Å². The van der Waals surface area contributed by atoms with Gasteiger partial charge in [0, 0.05) is 24.4 Å². The van der Waals surface area contributed by atoms with Crippen molar-refractivity contribution in [3.05, 3.63) is 48.5 Å². The minimum absolute atomic E-state index is 0.0321. The minimum atomic E-state index is -0.335. The van der Waals surface area contributed by atoms with E-state index in [4.69, 9.17) is 4.74 Å². The lowest BCUT2D eigenvalue weighted by atomic mass is 10.1. The van der Waals surface area contributed by atoms with Crippen LogP contribution in [0.2, 0.25) is 0 Å². The number of fused-ring (bicyclic) bond motifs is 1. The Kier molecular flexibility index (Phi) is 5.07. The highest BCUT2D eigenvalue weighted by Crippen LogP contribution is 2.37. The molecule has 0 unspecified atom stereocenters. The van der Waals surface area contributed by atoms with Crippen molar-refractivity contribution >= 4 is 35.0 Å². The van der Waals surface area contributed by atoms with E-state index in [1.165, 1.54) is 0 Å². The summed E-state index contributed by atoms with van der Waals surface area (Å²) in [6.45, 7) is 1.09. The molecular weight excluding hydrogens is 360 g/mol. The highest BCUT2D eigenvalue weighted by atomic mass is 32.2. The highest BCUT2D eigenvalue weighted by Gasteiger charge is 2.39. The van der Waals surface area contributed by atoms with Crippen LogP contribution in [0.25, 0.3) is 0 Å². The molecule has 0 bridgehead atoms. The normalized spacial score (nSPS) is 19.6. The van der Waals surface area contributed by atoms with Gasteiger partial charge in [0.05, 0.1) is 24.4 Å². The van der Waals surface area contributed by atoms with Crippen LogP contribution < -0.4 is 14.5 Å². The summed E-state index contributed by atoms with van der Waals surface area (Å²) in [5.74, 6) is 1.32. The zero-order chi connectivity index (χ0) is 18.8. The molecule has 1 fully saturated rings. The third kappa shape index (κ3) is 3.41. The topological polar surface area (TPSA) is 49.9 Å². The molecule has 2 amide bonds. The van der Waals surface area contributed by atoms with Gasteiger partial charge in [0.1, 0.15) is 5.75 Å². The Morgan fingerprint density at radius 2 is 1.85 bits per heavy atom. The van der Waals surface area contributed by atoms with Gasteiger partial charge in [-0.1, -0.05) is 24.3 Å². The van der Waals surface area contributed by atoms with Gasteiger partial charge in [0.15, 0.2) is 0 Å². The number of para-hydroxylation sites is 3. The second kappa shape index (κ2) is 7.64. The van der Waals surface area contributed by atoms with E-state index in [1.54, 1.807) is 23.8 Å². The zero-order valence-corrected chi connectivity index (χ0v) is 16.1. The quantitative estimate of drug-likeness (QED) is 0.814. The smallest absolute Gasteiger partial charge is 0.232 e. The highest BCUT2D eigenvalue weighted by molar-refractivity contribution is 7.99. The summed E-state index contributed by atoms with van der Waals surface area (Å²) in [6.07, 6.45) is 1.19. The predicted molar refractivity (Wildman–Crippen MR) is 108 cm³/mol. The maximum Gasteiger partial charge on any atom is 0.232 e. The maximum absolute atomic E-state index is 13.3. The van der Waals surface area contributed by atoms with Crippen molar-refractivity contribution < 1.29 is 14.3 Å². The Hall–Kier alpha value is -2.47. The van der Waals surface area contributed by atoms with E-state index in [9.17, 15) is 9.59 Å². The number of carbonyl (C=O) groups is 2. The van der Waals surface area contributed by atoms with Crippen molar-refractivity contribution in [2.45, 2.75) is 17.7 Å². The first-order chi connectivity index (χ1) is 13.2. The molecule has 2 aromatic carbocycles. The van der Waals surface area contributed by atoms with Gasteiger partial charge in [-0.25, -0.2) is 0 Å². The van der Waals surface area contributed by atoms with Gasteiger partial charge in [-0.2, -0.15) is 0 Å². The fourth-order valence-corrected chi connectivity index (χ4v) is 4.73. The van der Waals surface area contributed by atoms with Crippen molar-refractivity contribution in [3.8, 4) is 5.75 Å². The number of anilines is 2. The van der Waals surface area contributed by atoms with Crippen molar-refractivity contribution in [1.29, 1.82) is 0 Å². The lowest BCUT2D eigenvalue weighted by Gasteiger charge is -2.25. The molecule has 2 aliphatic rings. The lowest BCUT2D eigenvalue weighted by Crippen LogP contribution is -2.38. The number of carbonyl (C=O) groups excluding carboxylic acids is 2. The summed E-state index contributed by atoms with van der Waals surface area (Å²) in [5, 5.41) is 0. The molecule has 0 saturated carbocycles. The predicted octanol–water partition coefficient (Wildman–Crippen LogP) is 3.58. The lowest BCUT2D eigenvalue weighted by molar-refractivity contribution is -0.124. The van der Waals surface area contributed by atoms with E-state index in [1.807, 2.05) is 47.4 Å². The van der Waals surface area contributed by atoms with Crippen LogP contribution in [0.15, 0.2) is 53.4 Å². The summed E-state index contributed by atoms with van der Waals surface area (Å²) in [5.41, 5.74) is 1.69. The second-order valence-corrected chi connectivity index (χ2v) is 7.87. The zero-order valence-electron chi connectivity index (χ0n) is 15.3. The van der Waals surface area contributed by atoms with Gasteiger partial charge in [0.25, 0.3) is 0 Å². The standard InChI is InChI=1S/C21H22N2O3S/c1-26-18-9-4-2-7-16(18)23-14-15(13-20(23)24)21(25)22-11-6-12-27-19-10-5-3-8-17(19)22/h2-5,7-10,15H,6,11-14H2,1H3/t15-/m0/s1. The maximum atomic E-state index is 13.3.